The highest BCUT2D eigenvalue weighted by atomic mass is 35.5. The summed E-state index contributed by atoms with van der Waals surface area (Å²) < 4.78 is 5.17. The van der Waals surface area contributed by atoms with Gasteiger partial charge in [-0.05, 0) is 19.1 Å². The number of carbonyl (C=O) groups is 3. The molecular formula is C11H11ClN2O5. The normalized spacial score (nSPS) is 11.5. The van der Waals surface area contributed by atoms with E-state index in [9.17, 15) is 14.4 Å². The van der Waals surface area contributed by atoms with Gasteiger partial charge in [0.15, 0.2) is 6.10 Å². The minimum absolute atomic E-state index is 0.0208. The second kappa shape index (κ2) is 6.05. The van der Waals surface area contributed by atoms with Crippen LogP contribution >= 0.6 is 11.6 Å². The molecule has 4 N–H and O–H groups in total. The summed E-state index contributed by atoms with van der Waals surface area (Å²) >= 11 is 5.74. The molecule has 102 valence electrons. The quantitative estimate of drug-likeness (QED) is 0.763. The Bertz CT molecular complexity index is 532. The number of nitrogens with two attached hydrogens (primary N) is 1. The molecule has 0 saturated carbocycles. The molecular weight excluding hydrogens is 276 g/mol. The van der Waals surface area contributed by atoms with Gasteiger partial charge in [-0.25, -0.2) is 9.59 Å². The lowest BCUT2D eigenvalue weighted by Crippen LogP contribution is -2.42. The average Bonchev–Trinajstić information content (AvgIpc) is 2.27. The van der Waals surface area contributed by atoms with Gasteiger partial charge in [0.1, 0.15) is 11.3 Å². The number of carboxylic acids is 1. The van der Waals surface area contributed by atoms with E-state index in [4.69, 9.17) is 27.2 Å². The number of urea groups is 1. The number of amides is 3. The number of hydrogen-bond donors (Lipinski definition) is 3. The molecule has 0 spiro atoms. The topological polar surface area (TPSA) is 119 Å². The second-order valence-electron chi connectivity index (χ2n) is 3.53. The zero-order chi connectivity index (χ0) is 14.6. The van der Waals surface area contributed by atoms with Crippen molar-refractivity contribution in [2.45, 2.75) is 13.0 Å². The fraction of sp³-hybridized carbons (Fsp3) is 0.182. The maximum atomic E-state index is 11.4. The summed E-state index contributed by atoms with van der Waals surface area (Å²) in [6, 6.07) is 3.18. The lowest BCUT2D eigenvalue weighted by atomic mass is 10.2. The van der Waals surface area contributed by atoms with E-state index in [1.807, 2.05) is 5.32 Å². The van der Waals surface area contributed by atoms with Crippen LogP contribution in [0.3, 0.4) is 0 Å². The molecule has 0 aliphatic carbocycles. The summed E-state index contributed by atoms with van der Waals surface area (Å²) in [6.45, 7) is 1.34. The predicted octanol–water partition coefficient (Wildman–Crippen LogP) is 1.00. The Morgan fingerprint density at radius 3 is 2.58 bits per heavy atom. The van der Waals surface area contributed by atoms with Gasteiger partial charge in [0.25, 0.3) is 5.91 Å². The number of rotatable bonds is 4. The summed E-state index contributed by atoms with van der Waals surface area (Å²) in [6.07, 6.45) is -1.11. The van der Waals surface area contributed by atoms with E-state index in [0.717, 1.165) is 0 Å². The van der Waals surface area contributed by atoms with Gasteiger partial charge in [-0.15, -0.1) is 0 Å². The maximum absolute atomic E-state index is 11.4. The summed E-state index contributed by atoms with van der Waals surface area (Å²) in [5, 5.41) is 10.8. The van der Waals surface area contributed by atoms with Crippen LogP contribution in [-0.2, 0) is 4.79 Å². The Morgan fingerprint density at radius 2 is 2.05 bits per heavy atom. The first-order valence-corrected chi connectivity index (χ1v) is 5.49. The standard InChI is InChI=1S/C11H11ClN2O5/c1-5(9(15)14-11(13)18)19-7-4-2-3-6(12)8(7)10(16)17/h2-5H,1H3,(H,16,17)(H3,13,14,15,18). The number of benzene rings is 1. The van der Waals surface area contributed by atoms with Crippen LogP contribution in [-0.4, -0.2) is 29.1 Å². The van der Waals surface area contributed by atoms with Gasteiger partial charge < -0.3 is 15.6 Å². The highest BCUT2D eigenvalue weighted by Gasteiger charge is 2.21. The van der Waals surface area contributed by atoms with E-state index in [0.29, 0.717) is 0 Å². The monoisotopic (exact) mass is 286 g/mol. The average molecular weight is 287 g/mol. The Labute approximate surface area is 113 Å². The molecule has 19 heavy (non-hydrogen) atoms. The van der Waals surface area contributed by atoms with E-state index >= 15 is 0 Å². The maximum Gasteiger partial charge on any atom is 0.341 e. The number of ether oxygens (including phenoxy) is 1. The Morgan fingerprint density at radius 1 is 1.42 bits per heavy atom. The van der Waals surface area contributed by atoms with Crippen molar-refractivity contribution in [3.8, 4) is 5.75 Å². The van der Waals surface area contributed by atoms with Crippen molar-refractivity contribution in [2.75, 3.05) is 0 Å². The Kier molecular flexibility index (Phi) is 4.71. The third-order valence-electron chi connectivity index (χ3n) is 2.11. The first-order chi connectivity index (χ1) is 8.82. The second-order valence-corrected chi connectivity index (χ2v) is 3.94. The summed E-state index contributed by atoms with van der Waals surface area (Å²) in [4.78, 5) is 33.0. The van der Waals surface area contributed by atoms with Gasteiger partial charge in [0.2, 0.25) is 0 Å². The number of imide groups is 1. The van der Waals surface area contributed by atoms with Crippen molar-refractivity contribution in [2.24, 2.45) is 5.73 Å². The first kappa shape index (κ1) is 14.8. The van der Waals surface area contributed by atoms with Crippen LogP contribution in [0.1, 0.15) is 17.3 Å². The van der Waals surface area contributed by atoms with E-state index in [2.05, 4.69) is 0 Å². The van der Waals surface area contributed by atoms with Crippen LogP contribution in [0.5, 0.6) is 5.75 Å². The van der Waals surface area contributed by atoms with Gasteiger partial charge in [-0.2, -0.15) is 0 Å². The number of carbonyl (C=O) groups excluding carboxylic acids is 2. The van der Waals surface area contributed by atoms with Gasteiger partial charge in [0.05, 0.1) is 5.02 Å². The van der Waals surface area contributed by atoms with Crippen LogP contribution in [0.4, 0.5) is 4.79 Å². The SMILES string of the molecule is CC(Oc1cccc(Cl)c1C(=O)O)C(=O)NC(N)=O. The minimum atomic E-state index is -1.29. The highest BCUT2D eigenvalue weighted by Crippen LogP contribution is 2.27. The lowest BCUT2D eigenvalue weighted by Gasteiger charge is -2.15. The number of primary amides is 1. The molecule has 1 aromatic rings. The number of aromatic carboxylic acids is 1. The third-order valence-corrected chi connectivity index (χ3v) is 2.42. The van der Waals surface area contributed by atoms with Crippen molar-refractivity contribution in [3.05, 3.63) is 28.8 Å². The molecule has 0 aromatic heterocycles. The third kappa shape index (κ3) is 3.85. The molecule has 1 unspecified atom stereocenters. The van der Waals surface area contributed by atoms with Crippen molar-refractivity contribution in [1.82, 2.24) is 5.32 Å². The van der Waals surface area contributed by atoms with Gasteiger partial charge in [-0.1, -0.05) is 17.7 Å². The van der Waals surface area contributed by atoms with Crippen LogP contribution in [0.15, 0.2) is 18.2 Å². The van der Waals surface area contributed by atoms with Gasteiger partial charge in [0, 0.05) is 0 Å². The number of halogens is 1. The van der Waals surface area contributed by atoms with Crippen LogP contribution in [0.2, 0.25) is 5.02 Å². The molecule has 3 amide bonds. The number of hydrogen-bond acceptors (Lipinski definition) is 4. The van der Waals surface area contributed by atoms with Crippen LogP contribution in [0, 0.1) is 0 Å². The summed E-state index contributed by atoms with van der Waals surface area (Å²) in [5.74, 6) is -2.15. The molecule has 1 atom stereocenters. The lowest BCUT2D eigenvalue weighted by molar-refractivity contribution is -0.126. The Hall–Kier alpha value is -2.28. The molecule has 1 aromatic carbocycles. The smallest absolute Gasteiger partial charge is 0.341 e. The van der Waals surface area contributed by atoms with Gasteiger partial charge >= 0.3 is 12.0 Å². The number of carboxylic acid groups (broad SMARTS) is 1. The zero-order valence-corrected chi connectivity index (χ0v) is 10.6. The van der Waals surface area contributed by atoms with Gasteiger partial charge in [-0.3, -0.25) is 10.1 Å². The molecule has 0 aliphatic heterocycles. The number of nitrogens with one attached hydrogen (secondary N) is 1. The van der Waals surface area contributed by atoms with Crippen molar-refractivity contribution >= 4 is 29.5 Å². The molecule has 0 radical (unpaired) electrons. The summed E-state index contributed by atoms with van der Waals surface area (Å²) in [7, 11) is 0. The fourth-order valence-corrected chi connectivity index (χ4v) is 1.52. The van der Waals surface area contributed by atoms with E-state index in [1.54, 1.807) is 0 Å². The molecule has 0 heterocycles. The van der Waals surface area contributed by atoms with Crippen LogP contribution < -0.4 is 15.8 Å². The molecule has 8 heteroatoms. The van der Waals surface area contributed by atoms with E-state index in [1.165, 1.54) is 25.1 Å². The fourth-order valence-electron chi connectivity index (χ4n) is 1.28. The minimum Gasteiger partial charge on any atom is -0.480 e. The highest BCUT2D eigenvalue weighted by molar-refractivity contribution is 6.33. The zero-order valence-electron chi connectivity index (χ0n) is 9.84. The first-order valence-electron chi connectivity index (χ1n) is 5.11. The molecule has 0 saturated heterocycles. The van der Waals surface area contributed by atoms with Crippen molar-refractivity contribution in [3.63, 3.8) is 0 Å². The van der Waals surface area contributed by atoms with E-state index < -0.39 is 24.0 Å². The molecule has 0 fully saturated rings. The van der Waals surface area contributed by atoms with E-state index in [-0.39, 0.29) is 16.3 Å². The molecule has 0 aliphatic rings. The largest absolute Gasteiger partial charge is 0.480 e. The van der Waals surface area contributed by atoms with Crippen LogP contribution in [0.25, 0.3) is 0 Å². The van der Waals surface area contributed by atoms with Crippen molar-refractivity contribution < 1.29 is 24.2 Å². The molecule has 1 rings (SSSR count). The Balaban J connectivity index is 2.94. The predicted molar refractivity (Wildman–Crippen MR) is 66.2 cm³/mol. The summed E-state index contributed by atoms with van der Waals surface area (Å²) in [5.41, 5.74) is 4.52. The molecule has 7 nitrogen and oxygen atoms in total. The van der Waals surface area contributed by atoms with Crippen molar-refractivity contribution in [1.29, 1.82) is 0 Å². The molecule has 0 bridgehead atoms.